The minimum atomic E-state index is -2.66. The predicted octanol–water partition coefficient (Wildman–Crippen LogP) is 2.14. The van der Waals surface area contributed by atoms with Crippen LogP contribution in [-0.2, 0) is 23.9 Å². The van der Waals surface area contributed by atoms with Crippen LogP contribution < -0.4 is 16.0 Å². The van der Waals surface area contributed by atoms with E-state index in [0.29, 0.717) is 13.0 Å². The summed E-state index contributed by atoms with van der Waals surface area (Å²) in [7, 11) is 1.19. The van der Waals surface area contributed by atoms with Crippen LogP contribution in [0.2, 0.25) is 0 Å². The van der Waals surface area contributed by atoms with Crippen molar-refractivity contribution in [2.24, 2.45) is 17.8 Å². The average Bonchev–Trinajstić information content (AvgIpc) is 3.15. The number of amides is 3. The summed E-state index contributed by atoms with van der Waals surface area (Å²) in [5.41, 5.74) is 0. The molecule has 1 saturated carbocycles. The van der Waals surface area contributed by atoms with Crippen molar-refractivity contribution in [3.8, 4) is 0 Å². The maximum absolute atomic E-state index is 13.3. The number of ether oxygens (including phenoxy) is 2. The third-order valence-corrected chi connectivity index (χ3v) is 6.09. The minimum Gasteiger partial charge on any atom is -0.467 e. The number of esters is 1. The Hall–Kier alpha value is -2.46. The number of nitrogens with one attached hydrogen (secondary N) is 3. The van der Waals surface area contributed by atoms with Crippen molar-refractivity contribution >= 4 is 23.9 Å². The monoisotopic (exact) mass is 475 g/mol. The minimum absolute atomic E-state index is 0.000488. The molecule has 3 atom stereocenters. The molecule has 11 heteroatoms. The van der Waals surface area contributed by atoms with Crippen molar-refractivity contribution < 1.29 is 37.4 Å². The third kappa shape index (κ3) is 8.77. The van der Waals surface area contributed by atoms with Gasteiger partial charge in [0.25, 0.3) is 0 Å². The summed E-state index contributed by atoms with van der Waals surface area (Å²) in [6.07, 6.45) is 0.193. The van der Waals surface area contributed by atoms with Crippen LogP contribution in [-0.4, -0.2) is 62.1 Å². The highest BCUT2D eigenvalue weighted by Crippen LogP contribution is 2.36. The Kier molecular flexibility index (Phi) is 9.85. The Labute approximate surface area is 192 Å². The van der Waals surface area contributed by atoms with Crippen molar-refractivity contribution in [2.45, 2.75) is 76.8 Å². The van der Waals surface area contributed by atoms with E-state index in [9.17, 15) is 28.0 Å². The fourth-order valence-electron chi connectivity index (χ4n) is 4.13. The van der Waals surface area contributed by atoms with Gasteiger partial charge in [0.05, 0.1) is 13.7 Å². The van der Waals surface area contributed by atoms with Gasteiger partial charge in [-0.25, -0.2) is 18.4 Å². The standard InChI is InChI=1S/C22H35F2N3O6/c1-13(2)10-16(27-21(31)33-12-14-4-7-22(23,24)8-5-14)19(29)26-17(20(30)32-3)11-15-6-9-25-18(15)28/h13-17H,4-12H2,1-3H3,(H,25,28)(H,26,29)(H,27,31)/t15-,16?,17?/m0/s1. The van der Waals surface area contributed by atoms with Gasteiger partial charge in [0.15, 0.2) is 0 Å². The van der Waals surface area contributed by atoms with Gasteiger partial charge in [-0.05, 0) is 43.9 Å². The van der Waals surface area contributed by atoms with Crippen LogP contribution in [0.15, 0.2) is 0 Å². The molecule has 0 spiro atoms. The highest BCUT2D eigenvalue weighted by molar-refractivity contribution is 5.90. The zero-order valence-corrected chi connectivity index (χ0v) is 19.5. The molecule has 3 N–H and O–H groups in total. The first-order valence-corrected chi connectivity index (χ1v) is 11.5. The smallest absolute Gasteiger partial charge is 0.407 e. The number of hydrogen-bond acceptors (Lipinski definition) is 6. The fraction of sp³-hybridized carbons (Fsp3) is 0.818. The molecule has 1 aliphatic heterocycles. The molecule has 0 aromatic carbocycles. The van der Waals surface area contributed by atoms with Crippen molar-refractivity contribution in [3.05, 3.63) is 0 Å². The lowest BCUT2D eigenvalue weighted by Gasteiger charge is -2.28. The van der Waals surface area contributed by atoms with Gasteiger partial charge in [0.1, 0.15) is 12.1 Å². The van der Waals surface area contributed by atoms with Gasteiger partial charge in [-0.2, -0.15) is 0 Å². The van der Waals surface area contributed by atoms with Gasteiger partial charge in [-0.1, -0.05) is 13.8 Å². The Morgan fingerprint density at radius 1 is 1.12 bits per heavy atom. The molecule has 2 rings (SSSR count). The average molecular weight is 476 g/mol. The topological polar surface area (TPSA) is 123 Å². The molecule has 3 amide bonds. The highest BCUT2D eigenvalue weighted by Gasteiger charge is 2.36. The second-order valence-corrected chi connectivity index (χ2v) is 9.32. The van der Waals surface area contributed by atoms with Crippen LogP contribution >= 0.6 is 0 Å². The van der Waals surface area contributed by atoms with E-state index in [0.717, 1.165) is 0 Å². The molecule has 2 fully saturated rings. The second-order valence-electron chi connectivity index (χ2n) is 9.32. The van der Waals surface area contributed by atoms with E-state index in [2.05, 4.69) is 16.0 Å². The predicted molar refractivity (Wildman–Crippen MR) is 114 cm³/mol. The van der Waals surface area contributed by atoms with Gasteiger partial charge in [-0.3, -0.25) is 9.59 Å². The third-order valence-electron chi connectivity index (χ3n) is 6.09. The van der Waals surface area contributed by atoms with Crippen LogP contribution in [0.1, 0.15) is 58.8 Å². The number of alkyl halides is 2. The molecule has 188 valence electrons. The lowest BCUT2D eigenvalue weighted by molar-refractivity contribution is -0.146. The molecule has 0 aromatic rings. The summed E-state index contributed by atoms with van der Waals surface area (Å²) in [5.74, 6) is -4.63. The molecular formula is C22H35F2N3O6. The van der Waals surface area contributed by atoms with Crippen molar-refractivity contribution in [1.82, 2.24) is 16.0 Å². The van der Waals surface area contributed by atoms with Gasteiger partial charge in [0.2, 0.25) is 17.7 Å². The summed E-state index contributed by atoms with van der Waals surface area (Å²) < 4.78 is 36.5. The lowest BCUT2D eigenvalue weighted by atomic mass is 9.87. The number of carbonyl (C=O) groups excluding carboxylic acids is 4. The van der Waals surface area contributed by atoms with Gasteiger partial charge >= 0.3 is 12.1 Å². The number of methoxy groups -OCH3 is 1. The van der Waals surface area contributed by atoms with Crippen LogP contribution in [0.25, 0.3) is 0 Å². The maximum atomic E-state index is 13.3. The van der Waals surface area contributed by atoms with E-state index >= 15 is 0 Å². The van der Waals surface area contributed by atoms with E-state index in [1.54, 1.807) is 0 Å². The molecule has 2 unspecified atom stereocenters. The Morgan fingerprint density at radius 2 is 1.79 bits per heavy atom. The molecule has 1 aliphatic carbocycles. The first kappa shape index (κ1) is 26.8. The largest absolute Gasteiger partial charge is 0.467 e. The van der Waals surface area contributed by atoms with Crippen molar-refractivity contribution in [3.63, 3.8) is 0 Å². The maximum Gasteiger partial charge on any atom is 0.407 e. The van der Waals surface area contributed by atoms with Crippen LogP contribution in [0.3, 0.4) is 0 Å². The van der Waals surface area contributed by atoms with Gasteiger partial charge in [0, 0.05) is 25.3 Å². The summed E-state index contributed by atoms with van der Waals surface area (Å²) in [6.45, 7) is 4.25. The molecule has 1 saturated heterocycles. The molecule has 1 heterocycles. The van der Waals surface area contributed by atoms with Gasteiger partial charge in [-0.15, -0.1) is 0 Å². The Balaban J connectivity index is 1.92. The zero-order valence-electron chi connectivity index (χ0n) is 19.5. The van der Waals surface area contributed by atoms with Crippen LogP contribution in [0.5, 0.6) is 0 Å². The quantitative estimate of drug-likeness (QED) is 0.416. The molecule has 0 radical (unpaired) electrons. The highest BCUT2D eigenvalue weighted by atomic mass is 19.3. The molecule has 0 bridgehead atoms. The van der Waals surface area contributed by atoms with E-state index < -0.39 is 41.9 Å². The van der Waals surface area contributed by atoms with Crippen molar-refractivity contribution in [1.29, 1.82) is 0 Å². The lowest BCUT2D eigenvalue weighted by Crippen LogP contribution is -2.53. The summed E-state index contributed by atoms with van der Waals surface area (Å²) in [4.78, 5) is 49.3. The van der Waals surface area contributed by atoms with E-state index in [1.165, 1.54) is 7.11 Å². The molecular weight excluding hydrogens is 440 g/mol. The Bertz CT molecular complexity index is 708. The van der Waals surface area contributed by atoms with E-state index in [1.807, 2.05) is 13.8 Å². The van der Waals surface area contributed by atoms with E-state index in [-0.39, 0.29) is 62.9 Å². The summed E-state index contributed by atoms with van der Waals surface area (Å²) in [5, 5.41) is 7.80. The number of hydrogen-bond donors (Lipinski definition) is 3. The van der Waals surface area contributed by atoms with Crippen LogP contribution in [0, 0.1) is 17.8 Å². The number of rotatable bonds is 10. The Morgan fingerprint density at radius 3 is 2.33 bits per heavy atom. The van der Waals surface area contributed by atoms with Crippen LogP contribution in [0.4, 0.5) is 13.6 Å². The molecule has 0 aromatic heterocycles. The van der Waals surface area contributed by atoms with Crippen molar-refractivity contribution in [2.75, 3.05) is 20.3 Å². The summed E-state index contributed by atoms with van der Waals surface area (Å²) in [6, 6.07) is -2.01. The molecule has 9 nitrogen and oxygen atoms in total. The number of alkyl carbamates (subject to hydrolysis) is 1. The summed E-state index contributed by atoms with van der Waals surface area (Å²) >= 11 is 0. The zero-order chi connectivity index (χ0) is 24.6. The normalized spacial score (nSPS) is 22.2. The van der Waals surface area contributed by atoms with Gasteiger partial charge < -0.3 is 25.4 Å². The molecule has 2 aliphatic rings. The first-order valence-electron chi connectivity index (χ1n) is 11.5. The SMILES string of the molecule is COC(=O)C(C[C@@H]1CCNC1=O)NC(=O)C(CC(C)C)NC(=O)OCC1CCC(F)(F)CC1. The molecule has 33 heavy (non-hydrogen) atoms. The fourth-order valence-corrected chi connectivity index (χ4v) is 4.13. The number of halogens is 2. The first-order chi connectivity index (χ1) is 15.5. The number of carbonyl (C=O) groups is 4. The second kappa shape index (κ2) is 12.1. The van der Waals surface area contributed by atoms with E-state index in [4.69, 9.17) is 9.47 Å².